The molecule has 0 spiro atoms. The summed E-state index contributed by atoms with van der Waals surface area (Å²) in [6, 6.07) is -0.952. The fourth-order valence-electron chi connectivity index (χ4n) is 2.62. The van der Waals surface area contributed by atoms with Gasteiger partial charge in [0.1, 0.15) is 22.8 Å². The van der Waals surface area contributed by atoms with Crippen molar-refractivity contribution in [2.24, 2.45) is 5.16 Å². The molecule has 1 aromatic heterocycles. The summed E-state index contributed by atoms with van der Waals surface area (Å²) in [4.78, 5) is 56.7. The van der Waals surface area contributed by atoms with E-state index in [1.54, 1.807) is 6.92 Å². The van der Waals surface area contributed by atoms with Gasteiger partial charge in [0.05, 0.1) is 5.51 Å². The van der Waals surface area contributed by atoms with Gasteiger partial charge in [-0.05, 0) is 13.0 Å². The molecule has 3 rings (SSSR count). The standard InChI is InChI=1S/C15H14N4O7S2/c1-6-2-8(15(24)25)19-13(23)11(14(19)28-6)17-12(22)10(7-4-27-5-16-7)18-26-3-9(20)21/h2,4-6,11,14H,3H2,1H3,(H,17,22)(H,20,21)(H,24,25)/b18-10+. The molecule has 148 valence electrons. The van der Waals surface area contributed by atoms with Gasteiger partial charge in [-0.1, -0.05) is 5.16 Å². The monoisotopic (exact) mass is 426 g/mol. The largest absolute Gasteiger partial charge is 0.479 e. The Kier molecular flexibility index (Phi) is 5.65. The molecule has 2 amide bonds. The number of aromatic nitrogens is 1. The van der Waals surface area contributed by atoms with Crippen LogP contribution in [0.15, 0.2) is 27.8 Å². The van der Waals surface area contributed by atoms with Crippen molar-refractivity contribution in [1.29, 1.82) is 0 Å². The van der Waals surface area contributed by atoms with Gasteiger partial charge in [0.2, 0.25) is 6.61 Å². The summed E-state index contributed by atoms with van der Waals surface area (Å²) in [5, 5.41) is 24.7. The number of carbonyl (C=O) groups excluding carboxylic acids is 2. The van der Waals surface area contributed by atoms with Gasteiger partial charge in [-0.25, -0.2) is 14.6 Å². The molecule has 1 aromatic rings. The average Bonchev–Trinajstić information content (AvgIpc) is 3.16. The van der Waals surface area contributed by atoms with E-state index < -0.39 is 41.8 Å². The van der Waals surface area contributed by atoms with E-state index in [2.05, 4.69) is 20.3 Å². The van der Waals surface area contributed by atoms with Gasteiger partial charge >= 0.3 is 11.9 Å². The average molecular weight is 426 g/mol. The maximum Gasteiger partial charge on any atom is 0.352 e. The maximum atomic E-state index is 12.6. The lowest BCUT2D eigenvalue weighted by atomic mass is 10.0. The molecule has 0 radical (unpaired) electrons. The minimum atomic E-state index is -1.27. The molecule has 3 atom stereocenters. The third kappa shape index (κ3) is 3.84. The molecule has 28 heavy (non-hydrogen) atoms. The quantitative estimate of drug-likeness (QED) is 0.302. The number of nitrogens with one attached hydrogen (secondary N) is 1. The Morgan fingerprint density at radius 1 is 1.39 bits per heavy atom. The SMILES string of the molecule is CC1C=C(C(=O)O)N2C(=O)C(NC(=O)/C(=N/OCC(=O)O)c3cscn3)C2S1. The topological polar surface area (TPSA) is 158 Å². The number of nitrogens with zero attached hydrogens (tertiary/aromatic N) is 3. The van der Waals surface area contributed by atoms with Crippen molar-refractivity contribution < 1.29 is 34.2 Å². The first-order valence-corrected chi connectivity index (χ1v) is 9.73. The van der Waals surface area contributed by atoms with Crippen molar-refractivity contribution in [3.8, 4) is 0 Å². The van der Waals surface area contributed by atoms with Crippen molar-refractivity contribution in [1.82, 2.24) is 15.2 Å². The van der Waals surface area contributed by atoms with Crippen LogP contribution < -0.4 is 5.32 Å². The number of carboxylic acids is 2. The smallest absolute Gasteiger partial charge is 0.352 e. The van der Waals surface area contributed by atoms with Crippen molar-refractivity contribution >= 4 is 52.6 Å². The normalized spacial score (nSPS) is 24.0. The van der Waals surface area contributed by atoms with Crippen LogP contribution in [0.5, 0.6) is 0 Å². The van der Waals surface area contributed by atoms with E-state index in [-0.39, 0.29) is 22.4 Å². The number of thioether (sulfide) groups is 1. The molecule has 3 unspecified atom stereocenters. The zero-order valence-corrected chi connectivity index (χ0v) is 15.9. The molecule has 1 saturated heterocycles. The number of thiazole rings is 1. The van der Waals surface area contributed by atoms with Gasteiger partial charge in [0, 0.05) is 10.6 Å². The summed E-state index contributed by atoms with van der Waals surface area (Å²) < 4.78 is 0. The second-order valence-corrected chi connectivity index (χ2v) is 7.95. The van der Waals surface area contributed by atoms with Crippen LogP contribution in [0, 0.1) is 0 Å². The van der Waals surface area contributed by atoms with Gasteiger partial charge in [0.25, 0.3) is 11.8 Å². The molecule has 3 heterocycles. The Balaban J connectivity index is 1.76. The molecular formula is C15H14N4O7S2. The molecule has 2 aliphatic heterocycles. The number of carbonyl (C=O) groups is 4. The molecule has 13 heteroatoms. The van der Waals surface area contributed by atoms with Crippen molar-refractivity contribution in [2.75, 3.05) is 6.61 Å². The Morgan fingerprint density at radius 2 is 2.14 bits per heavy atom. The van der Waals surface area contributed by atoms with E-state index in [1.165, 1.54) is 40.1 Å². The first kappa shape index (κ1) is 19.8. The second kappa shape index (κ2) is 7.98. The van der Waals surface area contributed by atoms with Crippen LogP contribution in [0.25, 0.3) is 0 Å². The van der Waals surface area contributed by atoms with Gasteiger partial charge in [0.15, 0.2) is 5.71 Å². The molecule has 0 aromatic carbocycles. The Morgan fingerprint density at radius 3 is 2.75 bits per heavy atom. The van der Waals surface area contributed by atoms with Gasteiger partial charge in [-0.2, -0.15) is 0 Å². The number of hydrogen-bond acceptors (Lipinski definition) is 9. The third-order valence-corrected chi connectivity index (χ3v) is 5.70. The van der Waals surface area contributed by atoms with Crippen LogP contribution in [-0.2, 0) is 24.0 Å². The van der Waals surface area contributed by atoms with Crippen LogP contribution in [0.1, 0.15) is 12.6 Å². The van der Waals surface area contributed by atoms with Gasteiger partial charge < -0.3 is 20.4 Å². The fourth-order valence-corrected chi connectivity index (χ4v) is 4.49. The summed E-state index contributed by atoms with van der Waals surface area (Å²) in [6.07, 6.45) is 1.47. The molecule has 0 bridgehead atoms. The predicted molar refractivity (Wildman–Crippen MR) is 97.6 cm³/mol. The number of carboxylic acid groups (broad SMARTS) is 2. The molecule has 0 aliphatic carbocycles. The predicted octanol–water partition coefficient (Wildman–Crippen LogP) is -0.295. The van der Waals surface area contributed by atoms with E-state index in [0.29, 0.717) is 0 Å². The summed E-state index contributed by atoms with van der Waals surface area (Å²) >= 11 is 2.52. The Labute approximate surface area is 166 Å². The van der Waals surface area contributed by atoms with Gasteiger partial charge in [-0.3, -0.25) is 14.5 Å². The van der Waals surface area contributed by atoms with Gasteiger partial charge in [-0.15, -0.1) is 23.1 Å². The lowest BCUT2D eigenvalue weighted by Gasteiger charge is -2.49. The number of β-lactam (4-membered cyclic amide) rings is 1. The van der Waals surface area contributed by atoms with E-state index in [4.69, 9.17) is 5.11 Å². The second-order valence-electron chi connectivity index (χ2n) is 5.73. The zero-order chi connectivity index (χ0) is 20.4. The minimum absolute atomic E-state index is 0.120. The number of fused-ring (bicyclic) bond motifs is 1. The highest BCUT2D eigenvalue weighted by atomic mass is 32.2. The van der Waals surface area contributed by atoms with Crippen LogP contribution in [0.3, 0.4) is 0 Å². The third-order valence-electron chi connectivity index (χ3n) is 3.79. The number of aliphatic carboxylic acids is 2. The Bertz CT molecular complexity index is 883. The van der Waals surface area contributed by atoms with Crippen molar-refractivity contribution in [3.63, 3.8) is 0 Å². The first-order valence-electron chi connectivity index (χ1n) is 7.84. The summed E-state index contributed by atoms with van der Waals surface area (Å²) in [5.74, 6) is -3.83. The summed E-state index contributed by atoms with van der Waals surface area (Å²) in [5.41, 5.74) is 1.21. The molecule has 11 nitrogen and oxygen atoms in total. The highest BCUT2D eigenvalue weighted by molar-refractivity contribution is 8.00. The molecule has 3 N–H and O–H groups in total. The minimum Gasteiger partial charge on any atom is -0.479 e. The lowest BCUT2D eigenvalue weighted by Crippen LogP contribution is -2.71. The van der Waals surface area contributed by atoms with E-state index in [0.717, 1.165) is 4.90 Å². The van der Waals surface area contributed by atoms with E-state index >= 15 is 0 Å². The first-order chi connectivity index (χ1) is 13.3. The highest BCUT2D eigenvalue weighted by Crippen LogP contribution is 2.40. The summed E-state index contributed by atoms with van der Waals surface area (Å²) in [7, 11) is 0. The molecule has 2 aliphatic rings. The molecule has 1 fully saturated rings. The van der Waals surface area contributed by atoms with Crippen LogP contribution >= 0.6 is 23.1 Å². The van der Waals surface area contributed by atoms with E-state index in [1.807, 2.05) is 0 Å². The molecule has 0 saturated carbocycles. The fraction of sp³-hybridized carbons (Fsp3) is 0.333. The highest BCUT2D eigenvalue weighted by Gasteiger charge is 2.54. The van der Waals surface area contributed by atoms with Crippen molar-refractivity contribution in [2.45, 2.75) is 23.6 Å². The Hall–Kier alpha value is -2.93. The number of rotatable bonds is 7. The lowest BCUT2D eigenvalue weighted by molar-refractivity contribution is -0.150. The zero-order valence-electron chi connectivity index (χ0n) is 14.3. The number of oxime groups is 1. The summed E-state index contributed by atoms with van der Waals surface area (Å²) in [6.45, 7) is 1.04. The number of amides is 2. The van der Waals surface area contributed by atoms with E-state index in [9.17, 15) is 24.3 Å². The van der Waals surface area contributed by atoms with Crippen LogP contribution in [-0.4, -0.2) is 72.8 Å². The maximum absolute atomic E-state index is 12.6. The van der Waals surface area contributed by atoms with Crippen molar-refractivity contribution in [3.05, 3.63) is 28.4 Å². The van der Waals surface area contributed by atoms with Crippen LogP contribution in [0.2, 0.25) is 0 Å². The molecular weight excluding hydrogens is 412 g/mol. The van der Waals surface area contributed by atoms with Crippen LogP contribution in [0.4, 0.5) is 0 Å². The number of hydrogen-bond donors (Lipinski definition) is 3.